The highest BCUT2D eigenvalue weighted by Gasteiger charge is 2.18. The molecule has 0 aliphatic heterocycles. The van der Waals surface area contributed by atoms with Gasteiger partial charge in [0.15, 0.2) is 5.03 Å². The van der Waals surface area contributed by atoms with Crippen LogP contribution in [0.3, 0.4) is 0 Å². The molecule has 0 aromatic carbocycles. The summed E-state index contributed by atoms with van der Waals surface area (Å²) in [6.07, 6.45) is 2.65. The second kappa shape index (κ2) is 3.21. The minimum Gasteiger partial charge on any atom is -0.506 e. The Morgan fingerprint density at radius 2 is 2.27 bits per heavy atom. The number of hydrogen-bond donors (Lipinski definition) is 3. The Hall–Kier alpha value is -1.60. The molecule has 0 saturated carbocycles. The van der Waals surface area contributed by atoms with Crippen molar-refractivity contribution in [3.8, 4) is 5.75 Å². The van der Waals surface area contributed by atoms with E-state index in [0.717, 1.165) is 0 Å². The maximum absolute atomic E-state index is 11.5. The zero-order chi connectivity index (χ0) is 11.1. The summed E-state index contributed by atoms with van der Waals surface area (Å²) < 4.78 is 25.3. The van der Waals surface area contributed by atoms with Crippen molar-refractivity contribution >= 4 is 20.9 Å². The maximum Gasteiger partial charge on any atom is 0.259 e. The van der Waals surface area contributed by atoms with Crippen LogP contribution in [0, 0.1) is 0 Å². The summed E-state index contributed by atoms with van der Waals surface area (Å²) in [6.45, 7) is 0. The average molecular weight is 227 g/mol. The molecule has 7 heteroatoms. The van der Waals surface area contributed by atoms with Crippen molar-refractivity contribution < 1.29 is 13.5 Å². The molecule has 80 valence electrons. The number of pyridine rings is 1. The molecule has 0 aliphatic rings. The monoisotopic (exact) mass is 227 g/mol. The quantitative estimate of drug-likeness (QED) is 0.681. The second-order valence-corrected chi connectivity index (χ2v) is 4.72. The smallest absolute Gasteiger partial charge is 0.259 e. The number of aromatic hydroxyl groups is 1. The van der Waals surface area contributed by atoms with Crippen molar-refractivity contribution in [3.63, 3.8) is 0 Å². The predicted octanol–water partition coefficient (Wildman–Crippen LogP) is 0.177. The number of hydrogen-bond acceptors (Lipinski definition) is 4. The van der Waals surface area contributed by atoms with E-state index < -0.39 is 10.0 Å². The minimum atomic E-state index is -3.61. The molecule has 2 aromatic rings. The third-order valence-electron chi connectivity index (χ3n) is 2.07. The number of aromatic nitrogens is 2. The third kappa shape index (κ3) is 1.45. The standard InChI is InChI=1S/C8H9N3O3S/c1-9-15(13,14)8-7-5(2-3-10-8)6(12)4-11-7/h2-4,9,11-12H,1H3. The summed E-state index contributed by atoms with van der Waals surface area (Å²) in [5.74, 6) is -0.0000435. The lowest BCUT2D eigenvalue weighted by Crippen LogP contribution is -2.20. The van der Waals surface area contributed by atoms with Crippen LogP contribution in [0.15, 0.2) is 23.5 Å². The van der Waals surface area contributed by atoms with Gasteiger partial charge in [-0.1, -0.05) is 0 Å². The highest BCUT2D eigenvalue weighted by atomic mass is 32.2. The van der Waals surface area contributed by atoms with Crippen molar-refractivity contribution in [2.24, 2.45) is 0 Å². The van der Waals surface area contributed by atoms with Gasteiger partial charge < -0.3 is 10.1 Å². The summed E-state index contributed by atoms with van der Waals surface area (Å²) in [5, 5.41) is 9.71. The molecule has 2 heterocycles. The van der Waals surface area contributed by atoms with Gasteiger partial charge in [-0.05, 0) is 13.1 Å². The second-order valence-electron chi connectivity index (χ2n) is 2.92. The summed E-state index contributed by atoms with van der Waals surface area (Å²) in [4.78, 5) is 6.44. The Balaban J connectivity index is 2.83. The van der Waals surface area contributed by atoms with Crippen LogP contribution in [-0.2, 0) is 10.0 Å². The van der Waals surface area contributed by atoms with Crippen LogP contribution in [-0.4, -0.2) is 30.5 Å². The first-order chi connectivity index (χ1) is 7.06. The SMILES string of the molecule is CNS(=O)(=O)c1nccc2c(O)c[nH]c12. The van der Waals surface area contributed by atoms with Gasteiger partial charge >= 0.3 is 0 Å². The highest BCUT2D eigenvalue weighted by molar-refractivity contribution is 7.89. The number of aromatic amines is 1. The van der Waals surface area contributed by atoms with Gasteiger partial charge in [0.05, 0.1) is 5.52 Å². The number of nitrogens with one attached hydrogen (secondary N) is 2. The fourth-order valence-corrected chi connectivity index (χ4v) is 2.14. The van der Waals surface area contributed by atoms with Crippen LogP contribution in [0.4, 0.5) is 0 Å². The minimum absolute atomic E-state index is 0.0000435. The van der Waals surface area contributed by atoms with E-state index in [2.05, 4.69) is 14.7 Å². The van der Waals surface area contributed by atoms with Crippen LogP contribution in [0.25, 0.3) is 10.9 Å². The summed E-state index contributed by atoms with van der Waals surface area (Å²) >= 11 is 0. The predicted molar refractivity (Wildman–Crippen MR) is 54.0 cm³/mol. The fourth-order valence-electron chi connectivity index (χ4n) is 1.31. The first-order valence-corrected chi connectivity index (χ1v) is 5.63. The molecule has 3 N–H and O–H groups in total. The van der Waals surface area contributed by atoms with Crippen molar-refractivity contribution in [2.45, 2.75) is 5.03 Å². The van der Waals surface area contributed by atoms with Crippen molar-refractivity contribution in [3.05, 3.63) is 18.5 Å². The number of fused-ring (bicyclic) bond motifs is 1. The van der Waals surface area contributed by atoms with E-state index in [-0.39, 0.29) is 10.8 Å². The molecule has 0 atom stereocenters. The van der Waals surface area contributed by atoms with Gasteiger partial charge in [0.25, 0.3) is 10.0 Å². The van der Waals surface area contributed by atoms with Gasteiger partial charge in [-0.3, -0.25) is 0 Å². The Morgan fingerprint density at radius 1 is 1.53 bits per heavy atom. The molecule has 0 radical (unpaired) electrons. The third-order valence-corrected chi connectivity index (χ3v) is 3.42. The van der Waals surface area contributed by atoms with Crippen molar-refractivity contribution in [1.82, 2.24) is 14.7 Å². The Bertz CT molecular complexity index is 603. The molecule has 0 unspecified atom stereocenters. The molecular weight excluding hydrogens is 218 g/mol. The number of sulfonamides is 1. The van der Waals surface area contributed by atoms with Gasteiger partial charge in [0, 0.05) is 17.8 Å². The van der Waals surface area contributed by atoms with E-state index in [4.69, 9.17) is 0 Å². The highest BCUT2D eigenvalue weighted by Crippen LogP contribution is 2.26. The van der Waals surface area contributed by atoms with Crippen LogP contribution >= 0.6 is 0 Å². The van der Waals surface area contributed by atoms with Gasteiger partial charge in [-0.25, -0.2) is 18.1 Å². The van der Waals surface area contributed by atoms with Crippen LogP contribution in [0.2, 0.25) is 0 Å². The summed E-state index contributed by atoms with van der Waals surface area (Å²) in [7, 11) is -2.31. The van der Waals surface area contributed by atoms with Gasteiger partial charge in [0.1, 0.15) is 5.75 Å². The molecule has 2 aromatic heterocycles. The molecule has 0 fully saturated rings. The average Bonchev–Trinajstić information content (AvgIpc) is 2.60. The summed E-state index contributed by atoms with van der Waals surface area (Å²) in [6, 6.07) is 1.54. The Kier molecular flexibility index (Phi) is 2.13. The fraction of sp³-hybridized carbons (Fsp3) is 0.125. The first kappa shape index (κ1) is 9.94. The van der Waals surface area contributed by atoms with Crippen LogP contribution < -0.4 is 4.72 Å². The normalized spacial score (nSPS) is 12.1. The number of rotatable bonds is 2. The van der Waals surface area contributed by atoms with E-state index >= 15 is 0 Å². The number of nitrogens with zero attached hydrogens (tertiary/aromatic N) is 1. The topological polar surface area (TPSA) is 95.1 Å². The van der Waals surface area contributed by atoms with Crippen molar-refractivity contribution in [2.75, 3.05) is 7.05 Å². The lowest BCUT2D eigenvalue weighted by atomic mass is 10.3. The Labute approximate surface area is 86.0 Å². The molecule has 0 aliphatic carbocycles. The van der Waals surface area contributed by atoms with Gasteiger partial charge in [-0.2, -0.15) is 0 Å². The lowest BCUT2D eigenvalue weighted by molar-refractivity contribution is 0.481. The van der Waals surface area contributed by atoms with E-state index in [0.29, 0.717) is 10.9 Å². The zero-order valence-electron chi connectivity index (χ0n) is 7.85. The largest absolute Gasteiger partial charge is 0.506 e. The first-order valence-electron chi connectivity index (χ1n) is 4.15. The molecule has 0 spiro atoms. The van der Waals surface area contributed by atoms with Gasteiger partial charge in [-0.15, -0.1) is 0 Å². The molecular formula is C8H9N3O3S. The van der Waals surface area contributed by atoms with E-state index in [9.17, 15) is 13.5 Å². The van der Waals surface area contributed by atoms with Crippen LogP contribution in [0.5, 0.6) is 5.75 Å². The number of H-pyrrole nitrogens is 1. The Morgan fingerprint density at radius 3 is 2.93 bits per heavy atom. The molecule has 0 saturated heterocycles. The van der Waals surface area contributed by atoms with Crippen LogP contribution in [0.1, 0.15) is 0 Å². The molecule has 0 bridgehead atoms. The zero-order valence-corrected chi connectivity index (χ0v) is 8.67. The molecule has 6 nitrogen and oxygen atoms in total. The van der Waals surface area contributed by atoms with Crippen molar-refractivity contribution in [1.29, 1.82) is 0 Å². The van der Waals surface area contributed by atoms with E-state index in [1.54, 1.807) is 0 Å². The molecule has 2 rings (SSSR count). The lowest BCUT2D eigenvalue weighted by Gasteiger charge is -2.01. The molecule has 15 heavy (non-hydrogen) atoms. The maximum atomic E-state index is 11.5. The summed E-state index contributed by atoms with van der Waals surface area (Å²) in [5.41, 5.74) is 0.296. The van der Waals surface area contributed by atoms with Gasteiger partial charge in [0.2, 0.25) is 0 Å². The van der Waals surface area contributed by atoms with E-state index in [1.807, 2.05) is 0 Å². The molecule has 0 amide bonds. The van der Waals surface area contributed by atoms with E-state index in [1.165, 1.54) is 25.5 Å².